The molecule has 1 aromatic rings. The predicted octanol–water partition coefficient (Wildman–Crippen LogP) is 1.12. The Morgan fingerprint density at radius 3 is 3.00 bits per heavy atom. The number of nitrogens with one attached hydrogen (secondary N) is 1. The van der Waals surface area contributed by atoms with E-state index >= 15 is 0 Å². The number of anilines is 1. The van der Waals surface area contributed by atoms with E-state index in [4.69, 9.17) is 4.74 Å². The minimum atomic E-state index is -0.420. The van der Waals surface area contributed by atoms with E-state index in [1.165, 1.54) is 7.11 Å². The molecule has 0 bridgehead atoms. The van der Waals surface area contributed by atoms with Crippen LogP contribution >= 0.6 is 0 Å². The Balaban J connectivity index is 2.06. The Bertz CT molecular complexity index is 456. The van der Waals surface area contributed by atoms with Gasteiger partial charge in [-0.2, -0.15) is 0 Å². The van der Waals surface area contributed by atoms with Crippen molar-refractivity contribution in [2.75, 3.05) is 19.0 Å². The zero-order valence-electron chi connectivity index (χ0n) is 9.49. The molecule has 17 heavy (non-hydrogen) atoms. The minimum absolute atomic E-state index is 0.0285. The first-order chi connectivity index (χ1) is 8.19. The number of carbonyl (C=O) groups is 2. The highest BCUT2D eigenvalue weighted by atomic mass is 16.6. The van der Waals surface area contributed by atoms with Gasteiger partial charge in [0, 0.05) is 12.1 Å². The fraction of sp³-hybridized carbons (Fsp3) is 0.333. The Morgan fingerprint density at radius 2 is 2.24 bits per heavy atom. The molecule has 1 amide bonds. The highest BCUT2D eigenvalue weighted by Gasteiger charge is 2.15. The molecule has 0 saturated carbocycles. The van der Waals surface area contributed by atoms with Crippen LogP contribution in [-0.2, 0) is 20.7 Å². The summed E-state index contributed by atoms with van der Waals surface area (Å²) in [7, 11) is 1.31. The molecule has 0 unspecified atom stereocenters. The standard InChI is InChI=1S/C12H13NO4/c1-16-12(15)7-17-9-3-4-10-8(6-9)2-5-11(14)13-10/h3-4,6H,2,5,7H2,1H3,(H,13,14). The molecule has 2 rings (SSSR count). The Hall–Kier alpha value is -2.04. The van der Waals surface area contributed by atoms with Crippen molar-refractivity contribution in [2.24, 2.45) is 0 Å². The van der Waals surface area contributed by atoms with Crippen LogP contribution in [0.5, 0.6) is 5.75 Å². The summed E-state index contributed by atoms with van der Waals surface area (Å²) in [6.45, 7) is -0.109. The number of hydrogen-bond donors (Lipinski definition) is 1. The van der Waals surface area contributed by atoms with Gasteiger partial charge in [0.05, 0.1) is 7.11 Å². The Morgan fingerprint density at radius 1 is 1.41 bits per heavy atom. The van der Waals surface area contributed by atoms with Gasteiger partial charge < -0.3 is 14.8 Å². The summed E-state index contributed by atoms with van der Waals surface area (Å²) in [6, 6.07) is 5.32. The minimum Gasteiger partial charge on any atom is -0.482 e. The quantitative estimate of drug-likeness (QED) is 0.797. The third-order valence-corrected chi connectivity index (χ3v) is 2.56. The molecule has 0 fully saturated rings. The van der Waals surface area contributed by atoms with Gasteiger partial charge in [-0.25, -0.2) is 4.79 Å². The van der Waals surface area contributed by atoms with Gasteiger partial charge >= 0.3 is 5.97 Å². The van der Waals surface area contributed by atoms with E-state index in [9.17, 15) is 9.59 Å². The zero-order chi connectivity index (χ0) is 12.3. The molecule has 0 aromatic heterocycles. The number of rotatable bonds is 3. The lowest BCUT2D eigenvalue weighted by atomic mass is 10.0. The van der Waals surface area contributed by atoms with Crippen molar-refractivity contribution >= 4 is 17.6 Å². The average molecular weight is 235 g/mol. The first kappa shape index (κ1) is 11.4. The maximum atomic E-state index is 11.2. The van der Waals surface area contributed by atoms with Crippen LogP contribution < -0.4 is 10.1 Å². The highest BCUT2D eigenvalue weighted by Crippen LogP contribution is 2.26. The topological polar surface area (TPSA) is 64.6 Å². The van der Waals surface area contributed by atoms with Crippen molar-refractivity contribution in [3.63, 3.8) is 0 Å². The van der Waals surface area contributed by atoms with E-state index in [2.05, 4.69) is 10.1 Å². The molecule has 1 aliphatic rings. The van der Waals surface area contributed by atoms with Crippen LogP contribution in [0.4, 0.5) is 5.69 Å². The summed E-state index contributed by atoms with van der Waals surface area (Å²) in [5.41, 5.74) is 1.83. The molecule has 1 heterocycles. The number of ether oxygens (including phenoxy) is 2. The third kappa shape index (κ3) is 2.75. The molecule has 0 spiro atoms. The van der Waals surface area contributed by atoms with Crippen LogP contribution in [0.2, 0.25) is 0 Å². The SMILES string of the molecule is COC(=O)COc1ccc2c(c1)CCC(=O)N2. The molecule has 0 radical (unpaired) electrons. The largest absolute Gasteiger partial charge is 0.482 e. The summed E-state index contributed by atoms with van der Waals surface area (Å²) in [5, 5.41) is 2.78. The number of amides is 1. The predicted molar refractivity (Wildman–Crippen MR) is 60.9 cm³/mol. The lowest BCUT2D eigenvalue weighted by Crippen LogP contribution is -2.19. The molecule has 1 aliphatic heterocycles. The van der Waals surface area contributed by atoms with Crippen LogP contribution in [0, 0.1) is 0 Å². The molecule has 0 saturated heterocycles. The van der Waals surface area contributed by atoms with E-state index in [1.54, 1.807) is 12.1 Å². The van der Waals surface area contributed by atoms with Gasteiger partial charge in [0.1, 0.15) is 5.75 Å². The molecule has 1 N–H and O–H groups in total. The first-order valence-electron chi connectivity index (χ1n) is 5.31. The monoisotopic (exact) mass is 235 g/mol. The normalized spacial score (nSPS) is 13.6. The summed E-state index contributed by atoms with van der Waals surface area (Å²) in [4.78, 5) is 22.1. The summed E-state index contributed by atoms with van der Waals surface area (Å²) < 4.78 is 9.74. The van der Waals surface area contributed by atoms with Crippen LogP contribution in [0.3, 0.4) is 0 Å². The maximum absolute atomic E-state index is 11.2. The van der Waals surface area contributed by atoms with Crippen molar-refractivity contribution in [1.29, 1.82) is 0 Å². The lowest BCUT2D eigenvalue weighted by molar-refractivity contribution is -0.142. The number of fused-ring (bicyclic) bond motifs is 1. The number of methoxy groups -OCH3 is 1. The van der Waals surface area contributed by atoms with Gasteiger partial charge in [-0.1, -0.05) is 0 Å². The van der Waals surface area contributed by atoms with Crippen molar-refractivity contribution in [3.8, 4) is 5.75 Å². The van der Waals surface area contributed by atoms with Gasteiger partial charge in [-0.3, -0.25) is 4.79 Å². The van der Waals surface area contributed by atoms with Gasteiger partial charge in [0.25, 0.3) is 0 Å². The molecule has 5 nitrogen and oxygen atoms in total. The molecule has 0 aliphatic carbocycles. The Labute approximate surface area is 98.7 Å². The zero-order valence-corrected chi connectivity index (χ0v) is 9.49. The van der Waals surface area contributed by atoms with Crippen LogP contribution in [0.15, 0.2) is 18.2 Å². The van der Waals surface area contributed by atoms with Crippen LogP contribution in [-0.4, -0.2) is 25.6 Å². The van der Waals surface area contributed by atoms with E-state index in [1.807, 2.05) is 6.07 Å². The van der Waals surface area contributed by atoms with E-state index in [0.29, 0.717) is 18.6 Å². The van der Waals surface area contributed by atoms with Crippen LogP contribution in [0.25, 0.3) is 0 Å². The van der Waals surface area contributed by atoms with Crippen molar-refractivity contribution in [2.45, 2.75) is 12.8 Å². The van der Waals surface area contributed by atoms with E-state index in [0.717, 1.165) is 11.3 Å². The molecule has 1 aromatic carbocycles. The average Bonchev–Trinajstić information content (AvgIpc) is 2.35. The van der Waals surface area contributed by atoms with Crippen LogP contribution in [0.1, 0.15) is 12.0 Å². The number of esters is 1. The second-order valence-corrected chi connectivity index (χ2v) is 3.73. The smallest absolute Gasteiger partial charge is 0.343 e. The second-order valence-electron chi connectivity index (χ2n) is 3.73. The second kappa shape index (κ2) is 4.86. The van der Waals surface area contributed by atoms with Crippen molar-refractivity contribution < 1.29 is 19.1 Å². The highest BCUT2D eigenvalue weighted by molar-refractivity contribution is 5.94. The summed E-state index contributed by atoms with van der Waals surface area (Å²) >= 11 is 0. The van der Waals surface area contributed by atoms with Gasteiger partial charge in [-0.15, -0.1) is 0 Å². The number of benzene rings is 1. The number of hydrogen-bond acceptors (Lipinski definition) is 4. The fourth-order valence-electron chi connectivity index (χ4n) is 1.65. The van der Waals surface area contributed by atoms with E-state index in [-0.39, 0.29) is 12.5 Å². The lowest BCUT2D eigenvalue weighted by Gasteiger charge is -2.17. The number of aryl methyl sites for hydroxylation is 1. The molecule has 5 heteroatoms. The van der Waals surface area contributed by atoms with E-state index < -0.39 is 5.97 Å². The van der Waals surface area contributed by atoms with Gasteiger partial charge in [-0.05, 0) is 30.2 Å². The fourth-order valence-corrected chi connectivity index (χ4v) is 1.65. The molecule has 0 atom stereocenters. The van der Waals surface area contributed by atoms with Gasteiger partial charge in [0.2, 0.25) is 5.91 Å². The summed E-state index contributed by atoms with van der Waals surface area (Å²) in [6.07, 6.45) is 1.17. The third-order valence-electron chi connectivity index (χ3n) is 2.56. The maximum Gasteiger partial charge on any atom is 0.343 e. The molecule has 90 valence electrons. The summed E-state index contributed by atoms with van der Waals surface area (Å²) in [5.74, 6) is 0.210. The van der Waals surface area contributed by atoms with Gasteiger partial charge in [0.15, 0.2) is 6.61 Å². The Kier molecular flexibility index (Phi) is 3.27. The van der Waals surface area contributed by atoms with Crippen molar-refractivity contribution in [3.05, 3.63) is 23.8 Å². The number of carbonyl (C=O) groups excluding carboxylic acids is 2. The first-order valence-corrected chi connectivity index (χ1v) is 5.31. The van der Waals surface area contributed by atoms with Crippen molar-refractivity contribution in [1.82, 2.24) is 0 Å². The molecular formula is C12H13NO4. The molecular weight excluding hydrogens is 222 g/mol.